The highest BCUT2D eigenvalue weighted by Crippen LogP contribution is 2.35. The minimum atomic E-state index is -3.09. The predicted molar refractivity (Wildman–Crippen MR) is 73.6 cm³/mol. The zero-order chi connectivity index (χ0) is 13.3. The summed E-state index contributed by atoms with van der Waals surface area (Å²) >= 11 is 0. The van der Waals surface area contributed by atoms with Crippen molar-refractivity contribution in [2.24, 2.45) is 0 Å². The Kier molecular flexibility index (Phi) is 3.78. The second kappa shape index (κ2) is 5.02. The summed E-state index contributed by atoms with van der Waals surface area (Å²) in [5.41, 5.74) is 2.98. The van der Waals surface area contributed by atoms with E-state index in [1.54, 1.807) is 0 Å². The molecule has 0 spiro atoms. The first-order valence-corrected chi connectivity index (χ1v) is 8.18. The van der Waals surface area contributed by atoms with Gasteiger partial charge in [-0.3, -0.25) is 0 Å². The van der Waals surface area contributed by atoms with Gasteiger partial charge in [0, 0.05) is 6.04 Å². The van der Waals surface area contributed by atoms with Gasteiger partial charge in [0.1, 0.15) is 0 Å². The van der Waals surface area contributed by atoms with E-state index >= 15 is 0 Å². The molecule has 3 nitrogen and oxygen atoms in total. The quantitative estimate of drug-likeness (QED) is 0.915. The molecule has 2 rings (SSSR count). The Morgan fingerprint density at radius 2 is 2.06 bits per heavy atom. The largest absolute Gasteiger partial charge is 0.310 e. The summed E-state index contributed by atoms with van der Waals surface area (Å²) in [7, 11) is -3.09. The van der Waals surface area contributed by atoms with Gasteiger partial charge in [-0.15, -0.1) is 0 Å². The highest BCUT2D eigenvalue weighted by molar-refractivity contribution is 7.91. The molecular weight excluding hydrogens is 246 g/mol. The average Bonchev–Trinajstić information content (AvgIpc) is 2.26. The minimum absolute atomic E-state index is 0.182. The van der Waals surface area contributed by atoms with Crippen LogP contribution < -0.4 is 5.32 Å². The molecule has 1 aromatic rings. The summed E-state index contributed by atoms with van der Waals surface area (Å²) in [6.45, 7) is 6.96. The van der Waals surface area contributed by atoms with Gasteiger partial charge in [-0.25, -0.2) is 8.42 Å². The lowest BCUT2D eigenvalue weighted by molar-refractivity contribution is 0.491. The van der Waals surface area contributed by atoms with Crippen molar-refractivity contribution < 1.29 is 8.42 Å². The monoisotopic (exact) mass is 267 g/mol. The van der Waals surface area contributed by atoms with Crippen molar-refractivity contribution in [3.63, 3.8) is 0 Å². The zero-order valence-corrected chi connectivity index (χ0v) is 12.1. The molecule has 1 unspecified atom stereocenters. The van der Waals surface area contributed by atoms with Gasteiger partial charge in [0.2, 0.25) is 0 Å². The molecule has 18 heavy (non-hydrogen) atoms. The normalized spacial score (nSPS) is 21.6. The van der Waals surface area contributed by atoms with Crippen LogP contribution in [0.4, 0.5) is 0 Å². The lowest BCUT2D eigenvalue weighted by Crippen LogP contribution is -2.31. The van der Waals surface area contributed by atoms with Crippen LogP contribution >= 0.6 is 0 Å². The van der Waals surface area contributed by atoms with E-state index in [4.69, 9.17) is 0 Å². The summed E-state index contributed by atoms with van der Waals surface area (Å²) in [6, 6.07) is 4.16. The maximum atomic E-state index is 12.2. The van der Waals surface area contributed by atoms with Crippen molar-refractivity contribution in [2.75, 3.05) is 12.3 Å². The fourth-order valence-electron chi connectivity index (χ4n) is 2.73. The molecular formula is C14H21NO2S. The molecule has 0 aliphatic carbocycles. The first kappa shape index (κ1) is 13.6. The fourth-order valence-corrected chi connectivity index (χ4v) is 4.59. The first-order valence-electron chi connectivity index (χ1n) is 6.53. The number of nitrogens with one attached hydrogen (secondary N) is 1. The van der Waals surface area contributed by atoms with Gasteiger partial charge in [0.15, 0.2) is 9.84 Å². The number of aryl methyl sites for hydroxylation is 2. The van der Waals surface area contributed by atoms with Crippen molar-refractivity contribution in [1.82, 2.24) is 5.32 Å². The summed E-state index contributed by atoms with van der Waals surface area (Å²) in [6.07, 6.45) is 1.74. The van der Waals surface area contributed by atoms with E-state index in [1.807, 2.05) is 26.0 Å². The highest BCUT2D eigenvalue weighted by atomic mass is 32.2. The Labute approximate surface area is 110 Å². The van der Waals surface area contributed by atoms with Gasteiger partial charge in [-0.1, -0.05) is 24.6 Å². The van der Waals surface area contributed by atoms with Gasteiger partial charge in [0.25, 0.3) is 0 Å². The standard InChI is InChI=1S/C14H21NO2S/c1-4-6-15-13-5-7-18(16,17)14-11(3)8-10(2)9-12(13)14/h8-9,13,15H,4-7H2,1-3H3. The number of hydrogen-bond donors (Lipinski definition) is 1. The Balaban J connectivity index is 2.52. The number of benzene rings is 1. The third-order valence-electron chi connectivity index (χ3n) is 3.45. The van der Waals surface area contributed by atoms with Crippen molar-refractivity contribution in [3.8, 4) is 0 Å². The summed E-state index contributed by atoms with van der Waals surface area (Å²) in [5.74, 6) is 0.255. The molecule has 0 amide bonds. The first-order chi connectivity index (χ1) is 8.45. The van der Waals surface area contributed by atoms with E-state index in [0.717, 1.165) is 29.7 Å². The summed E-state index contributed by atoms with van der Waals surface area (Å²) in [4.78, 5) is 0.563. The van der Waals surface area contributed by atoms with Crippen LogP contribution in [0.15, 0.2) is 17.0 Å². The third-order valence-corrected chi connectivity index (χ3v) is 5.40. The molecule has 1 aliphatic heterocycles. The molecule has 1 N–H and O–H groups in total. The lowest BCUT2D eigenvalue weighted by atomic mass is 9.98. The molecule has 1 heterocycles. The van der Waals surface area contributed by atoms with Gasteiger partial charge < -0.3 is 5.32 Å². The van der Waals surface area contributed by atoms with Gasteiger partial charge >= 0.3 is 0 Å². The van der Waals surface area contributed by atoms with Gasteiger partial charge in [-0.2, -0.15) is 0 Å². The molecule has 1 atom stereocenters. The molecule has 100 valence electrons. The van der Waals surface area contributed by atoms with E-state index < -0.39 is 9.84 Å². The van der Waals surface area contributed by atoms with Crippen molar-refractivity contribution in [2.45, 2.75) is 44.6 Å². The average molecular weight is 267 g/mol. The van der Waals surface area contributed by atoms with Crippen molar-refractivity contribution in [3.05, 3.63) is 28.8 Å². The number of hydrogen-bond acceptors (Lipinski definition) is 3. The van der Waals surface area contributed by atoms with Gasteiger partial charge in [0.05, 0.1) is 10.6 Å². The Hall–Kier alpha value is -0.870. The topological polar surface area (TPSA) is 46.2 Å². The molecule has 1 aliphatic rings. The molecule has 0 aromatic heterocycles. The second-order valence-corrected chi connectivity index (χ2v) is 7.16. The van der Waals surface area contributed by atoms with E-state index in [-0.39, 0.29) is 11.8 Å². The van der Waals surface area contributed by atoms with Crippen LogP contribution in [0.1, 0.15) is 42.5 Å². The number of fused-ring (bicyclic) bond motifs is 1. The predicted octanol–water partition coefficient (Wildman–Crippen LogP) is 2.52. The fraction of sp³-hybridized carbons (Fsp3) is 0.571. The SMILES string of the molecule is CCCNC1CCS(=O)(=O)c2c(C)cc(C)cc21. The van der Waals surface area contributed by atoms with E-state index in [9.17, 15) is 8.42 Å². The van der Waals surface area contributed by atoms with E-state index in [1.165, 1.54) is 0 Å². The Bertz CT molecular complexity index is 549. The van der Waals surface area contributed by atoms with Crippen LogP contribution in [0.3, 0.4) is 0 Å². The van der Waals surface area contributed by atoms with Gasteiger partial charge in [-0.05, 0) is 44.4 Å². The molecule has 0 saturated heterocycles. The molecule has 4 heteroatoms. The van der Waals surface area contributed by atoms with Crippen LogP contribution in [0, 0.1) is 13.8 Å². The maximum Gasteiger partial charge on any atom is 0.179 e. The molecule has 0 saturated carbocycles. The van der Waals surface area contributed by atoms with Crippen LogP contribution in [-0.4, -0.2) is 20.7 Å². The molecule has 1 aromatic carbocycles. The zero-order valence-electron chi connectivity index (χ0n) is 11.3. The van der Waals surface area contributed by atoms with Crippen LogP contribution in [0.2, 0.25) is 0 Å². The highest BCUT2D eigenvalue weighted by Gasteiger charge is 2.31. The van der Waals surface area contributed by atoms with E-state index in [0.29, 0.717) is 11.3 Å². The second-order valence-electron chi connectivity index (χ2n) is 5.11. The minimum Gasteiger partial charge on any atom is -0.310 e. The van der Waals surface area contributed by atoms with Crippen LogP contribution in [-0.2, 0) is 9.84 Å². The third kappa shape index (κ3) is 2.45. The van der Waals surface area contributed by atoms with Crippen molar-refractivity contribution in [1.29, 1.82) is 0 Å². The summed E-state index contributed by atoms with van der Waals surface area (Å²) in [5, 5.41) is 3.46. The lowest BCUT2D eigenvalue weighted by Gasteiger charge is -2.28. The maximum absolute atomic E-state index is 12.2. The number of rotatable bonds is 3. The van der Waals surface area contributed by atoms with E-state index in [2.05, 4.69) is 12.2 Å². The summed E-state index contributed by atoms with van der Waals surface area (Å²) < 4.78 is 24.4. The number of sulfone groups is 1. The van der Waals surface area contributed by atoms with Crippen molar-refractivity contribution >= 4 is 9.84 Å². The Morgan fingerprint density at radius 3 is 2.72 bits per heavy atom. The Morgan fingerprint density at radius 1 is 1.33 bits per heavy atom. The molecule has 0 fully saturated rings. The smallest absolute Gasteiger partial charge is 0.179 e. The van der Waals surface area contributed by atoms with Crippen LogP contribution in [0.25, 0.3) is 0 Å². The molecule has 0 radical (unpaired) electrons. The van der Waals surface area contributed by atoms with Crippen LogP contribution in [0.5, 0.6) is 0 Å². The molecule has 0 bridgehead atoms.